The van der Waals surface area contributed by atoms with Gasteiger partial charge >= 0.3 is 0 Å². The molecule has 0 aromatic heterocycles. The molecule has 0 bridgehead atoms. The number of hydrogen-bond acceptors (Lipinski definition) is 2. The smallest absolute Gasteiger partial charge is 0.136 e. The van der Waals surface area contributed by atoms with Crippen molar-refractivity contribution < 1.29 is 9.84 Å². The van der Waals surface area contributed by atoms with Crippen molar-refractivity contribution in [3.63, 3.8) is 0 Å². The van der Waals surface area contributed by atoms with Crippen LogP contribution in [-0.4, -0.2) is 11.7 Å². The molecule has 162 valence electrons. The molecular formula is C29H34O2. The van der Waals surface area contributed by atoms with E-state index in [2.05, 4.69) is 26.0 Å². The summed E-state index contributed by atoms with van der Waals surface area (Å²) in [6.07, 6.45) is 3.90. The third-order valence-corrected chi connectivity index (χ3v) is 5.85. The van der Waals surface area contributed by atoms with Gasteiger partial charge in [-0.3, -0.25) is 0 Å². The van der Waals surface area contributed by atoms with Crippen LogP contribution in [0.2, 0.25) is 0 Å². The van der Waals surface area contributed by atoms with Crippen LogP contribution in [0.4, 0.5) is 0 Å². The number of unbranched alkanes of at least 4 members (excludes halogenated alkanes) is 1. The molecule has 2 nitrogen and oxygen atoms in total. The fourth-order valence-corrected chi connectivity index (χ4v) is 4.11. The van der Waals surface area contributed by atoms with Crippen LogP contribution in [0.15, 0.2) is 102 Å². The summed E-state index contributed by atoms with van der Waals surface area (Å²) in [7, 11) is 0. The van der Waals surface area contributed by atoms with Crippen molar-refractivity contribution in [1.82, 2.24) is 0 Å². The van der Waals surface area contributed by atoms with Crippen molar-refractivity contribution in [2.45, 2.75) is 51.7 Å². The van der Waals surface area contributed by atoms with E-state index in [4.69, 9.17) is 4.74 Å². The molecule has 1 N–H and O–H groups in total. The minimum absolute atomic E-state index is 0.565. The Morgan fingerprint density at radius 3 is 1.81 bits per heavy atom. The van der Waals surface area contributed by atoms with Crippen LogP contribution in [0.3, 0.4) is 0 Å². The van der Waals surface area contributed by atoms with Gasteiger partial charge < -0.3 is 9.84 Å². The molecule has 2 heteroatoms. The monoisotopic (exact) mass is 414 g/mol. The summed E-state index contributed by atoms with van der Waals surface area (Å²) in [6.45, 7) is 5.52. The Kier molecular flexibility index (Phi) is 8.63. The van der Waals surface area contributed by atoms with E-state index < -0.39 is 5.60 Å². The molecular weight excluding hydrogens is 380 g/mol. The minimum Gasteiger partial charge on any atom is -0.376 e. The predicted molar refractivity (Wildman–Crippen MR) is 129 cm³/mol. The normalized spacial score (nSPS) is 12.5. The van der Waals surface area contributed by atoms with Gasteiger partial charge in [-0.25, -0.2) is 0 Å². The van der Waals surface area contributed by atoms with Gasteiger partial charge in [0, 0.05) is 0 Å². The van der Waals surface area contributed by atoms with Crippen LogP contribution in [0.5, 0.6) is 0 Å². The van der Waals surface area contributed by atoms with E-state index in [1.807, 2.05) is 78.9 Å². The summed E-state index contributed by atoms with van der Waals surface area (Å²) < 4.78 is 6.03. The Balaban J connectivity index is 1.92. The van der Waals surface area contributed by atoms with Gasteiger partial charge in [-0.1, -0.05) is 110 Å². The summed E-state index contributed by atoms with van der Waals surface area (Å²) in [5.41, 5.74) is 4.09. The van der Waals surface area contributed by atoms with Crippen molar-refractivity contribution in [2.24, 2.45) is 0 Å². The van der Waals surface area contributed by atoms with Crippen molar-refractivity contribution in [1.29, 1.82) is 0 Å². The second-order valence-corrected chi connectivity index (χ2v) is 8.09. The first kappa shape index (κ1) is 23.0. The van der Waals surface area contributed by atoms with Crippen LogP contribution in [0.25, 0.3) is 0 Å². The van der Waals surface area contributed by atoms with E-state index in [-0.39, 0.29) is 0 Å². The van der Waals surface area contributed by atoms with Crippen LogP contribution < -0.4 is 0 Å². The maximum atomic E-state index is 12.3. The van der Waals surface area contributed by atoms with Crippen molar-refractivity contribution in [3.8, 4) is 0 Å². The number of aliphatic hydroxyl groups is 1. The molecule has 0 heterocycles. The topological polar surface area (TPSA) is 29.5 Å². The molecule has 0 saturated carbocycles. The lowest BCUT2D eigenvalue weighted by molar-refractivity contribution is 0.0906. The number of benzene rings is 3. The first-order valence-electron chi connectivity index (χ1n) is 11.3. The Morgan fingerprint density at radius 2 is 1.29 bits per heavy atom. The Morgan fingerprint density at radius 1 is 0.774 bits per heavy atom. The van der Waals surface area contributed by atoms with Crippen molar-refractivity contribution >= 4 is 0 Å². The number of rotatable bonds is 11. The van der Waals surface area contributed by atoms with Gasteiger partial charge in [-0.15, -0.1) is 0 Å². The number of allylic oxidation sites excluding steroid dienone is 1. The molecule has 0 unspecified atom stereocenters. The molecule has 0 atom stereocenters. The first-order valence-corrected chi connectivity index (χ1v) is 11.3. The Labute approximate surface area is 187 Å². The molecule has 3 aromatic carbocycles. The molecule has 0 aliphatic carbocycles. The lowest BCUT2D eigenvalue weighted by atomic mass is 9.76. The van der Waals surface area contributed by atoms with Crippen LogP contribution in [-0.2, 0) is 16.9 Å². The fourth-order valence-electron chi connectivity index (χ4n) is 4.11. The van der Waals surface area contributed by atoms with Gasteiger partial charge in [0.15, 0.2) is 0 Å². The highest BCUT2D eigenvalue weighted by Crippen LogP contribution is 2.40. The van der Waals surface area contributed by atoms with E-state index in [9.17, 15) is 5.11 Å². The molecule has 0 saturated heterocycles. The van der Waals surface area contributed by atoms with Gasteiger partial charge in [-0.2, -0.15) is 0 Å². The quantitative estimate of drug-likeness (QED) is 0.269. The van der Waals surface area contributed by atoms with E-state index in [0.29, 0.717) is 19.6 Å². The maximum absolute atomic E-state index is 12.3. The largest absolute Gasteiger partial charge is 0.376 e. The van der Waals surface area contributed by atoms with Crippen LogP contribution in [0, 0.1) is 0 Å². The van der Waals surface area contributed by atoms with E-state index >= 15 is 0 Å². The standard InChI is InChI=1S/C29H34O2/c1-3-4-14-24(2)28(21-22-31-23-25-15-8-5-9-16-25)29(30,26-17-10-6-11-18-26)27-19-12-7-13-20-27/h5-13,15-20,30H,3-4,14,21-23H2,1-2H3/b28-24-. The predicted octanol–water partition coefficient (Wildman–Crippen LogP) is 7.04. The van der Waals surface area contributed by atoms with Crippen molar-refractivity contribution in [2.75, 3.05) is 6.61 Å². The summed E-state index contributed by atoms with van der Waals surface area (Å²) in [6, 6.07) is 30.3. The molecule has 0 aliphatic heterocycles. The number of hydrogen-bond donors (Lipinski definition) is 1. The van der Waals surface area contributed by atoms with Gasteiger partial charge in [0.2, 0.25) is 0 Å². The summed E-state index contributed by atoms with van der Waals surface area (Å²) in [4.78, 5) is 0. The lowest BCUT2D eigenvalue weighted by Gasteiger charge is -2.34. The van der Waals surface area contributed by atoms with Crippen LogP contribution in [0.1, 0.15) is 56.2 Å². The lowest BCUT2D eigenvalue weighted by Crippen LogP contribution is -2.31. The highest BCUT2D eigenvalue weighted by molar-refractivity contribution is 5.46. The minimum atomic E-state index is -1.17. The zero-order valence-corrected chi connectivity index (χ0v) is 18.8. The van der Waals surface area contributed by atoms with Gasteiger partial charge in [0.25, 0.3) is 0 Å². The van der Waals surface area contributed by atoms with Crippen molar-refractivity contribution in [3.05, 3.63) is 119 Å². The zero-order valence-electron chi connectivity index (χ0n) is 18.8. The average Bonchev–Trinajstić information content (AvgIpc) is 2.84. The zero-order chi connectivity index (χ0) is 21.9. The Hall–Kier alpha value is -2.68. The van der Waals surface area contributed by atoms with E-state index in [1.54, 1.807) is 0 Å². The van der Waals surface area contributed by atoms with Gasteiger partial charge in [0.05, 0.1) is 13.2 Å². The molecule has 0 radical (unpaired) electrons. The summed E-state index contributed by atoms with van der Waals surface area (Å²) in [5.74, 6) is 0. The molecule has 0 amide bonds. The third kappa shape index (κ3) is 5.94. The van der Waals surface area contributed by atoms with Crippen LogP contribution >= 0.6 is 0 Å². The molecule has 0 aliphatic rings. The van der Waals surface area contributed by atoms with E-state index in [1.165, 1.54) is 5.57 Å². The molecule has 31 heavy (non-hydrogen) atoms. The van der Waals surface area contributed by atoms with E-state index in [0.717, 1.165) is 41.5 Å². The summed E-state index contributed by atoms with van der Waals surface area (Å²) in [5, 5.41) is 12.3. The summed E-state index contributed by atoms with van der Waals surface area (Å²) >= 11 is 0. The molecule has 3 aromatic rings. The second kappa shape index (κ2) is 11.6. The number of ether oxygens (including phenoxy) is 1. The molecule has 0 spiro atoms. The SMILES string of the molecule is CCCC/C(C)=C(/CCOCc1ccccc1)C(O)(c1ccccc1)c1ccccc1. The fraction of sp³-hybridized carbons (Fsp3) is 0.310. The highest BCUT2D eigenvalue weighted by Gasteiger charge is 2.36. The highest BCUT2D eigenvalue weighted by atomic mass is 16.5. The average molecular weight is 415 g/mol. The first-order chi connectivity index (χ1) is 15.2. The maximum Gasteiger partial charge on any atom is 0.136 e. The van der Waals surface area contributed by atoms with Gasteiger partial charge in [-0.05, 0) is 48.4 Å². The van der Waals surface area contributed by atoms with Gasteiger partial charge in [0.1, 0.15) is 5.60 Å². The molecule has 0 fully saturated rings. The molecule has 3 rings (SSSR count). The third-order valence-electron chi connectivity index (χ3n) is 5.85. The Bertz CT molecular complexity index is 891. The second-order valence-electron chi connectivity index (χ2n) is 8.09.